The Morgan fingerprint density at radius 3 is 1.28 bits per heavy atom. The zero-order chi connectivity index (χ0) is 21.0. The normalized spacial score (nSPS) is 20.8. The van der Waals surface area contributed by atoms with Gasteiger partial charge in [-0.15, -0.1) is 0 Å². The third-order valence-corrected chi connectivity index (χ3v) is 6.30. The lowest BCUT2D eigenvalue weighted by Gasteiger charge is -2.33. The number of unbranched alkanes of at least 4 members (excludes halogenated alkanes) is 6. The van der Waals surface area contributed by atoms with Crippen molar-refractivity contribution in [3.05, 3.63) is 0 Å². The molecule has 0 bridgehead atoms. The zero-order valence-electron chi connectivity index (χ0n) is 18.7. The second-order valence-electron chi connectivity index (χ2n) is 9.32. The molecule has 0 radical (unpaired) electrons. The summed E-state index contributed by atoms with van der Waals surface area (Å²) in [6.45, 7) is 7.82. The highest BCUT2D eigenvalue weighted by Crippen LogP contribution is 2.24. The molecule has 2 saturated heterocycles. The van der Waals surface area contributed by atoms with Crippen molar-refractivity contribution in [2.75, 3.05) is 26.2 Å². The number of piperidine rings is 2. The number of carbonyl (C=O) groups excluding carboxylic acids is 2. The molecule has 0 aromatic heterocycles. The molecular weight excluding hydrogens is 368 g/mol. The molecule has 0 unspecified atom stereocenters. The van der Waals surface area contributed by atoms with Gasteiger partial charge in [-0.2, -0.15) is 0 Å². The Morgan fingerprint density at radius 1 is 0.621 bits per heavy atom. The van der Waals surface area contributed by atoms with Crippen molar-refractivity contribution in [2.45, 2.75) is 109 Å². The molecule has 2 aliphatic heterocycles. The van der Waals surface area contributed by atoms with Crippen LogP contribution in [0.3, 0.4) is 0 Å². The van der Waals surface area contributed by atoms with Crippen molar-refractivity contribution in [1.82, 2.24) is 10.6 Å². The summed E-state index contributed by atoms with van der Waals surface area (Å²) in [5, 5.41) is 6.60. The first kappa shape index (κ1) is 24.1. The highest BCUT2D eigenvalue weighted by Gasteiger charge is 2.31. The van der Waals surface area contributed by atoms with E-state index in [9.17, 15) is 9.59 Å². The maximum atomic E-state index is 12.0. The largest absolute Gasteiger partial charge is 0.459 e. The van der Waals surface area contributed by atoms with Gasteiger partial charge in [0.15, 0.2) is 0 Å². The van der Waals surface area contributed by atoms with Gasteiger partial charge in [0.1, 0.15) is 11.2 Å². The fourth-order valence-electron chi connectivity index (χ4n) is 4.19. The first-order chi connectivity index (χ1) is 13.9. The minimum atomic E-state index is -0.269. The van der Waals surface area contributed by atoms with E-state index in [1.54, 1.807) is 0 Å². The summed E-state index contributed by atoms with van der Waals surface area (Å²) in [7, 11) is 0. The Labute approximate surface area is 176 Å². The molecule has 0 saturated carbocycles. The molecule has 2 aliphatic rings. The minimum absolute atomic E-state index is 0.0460. The van der Waals surface area contributed by atoms with E-state index < -0.39 is 0 Å². The van der Waals surface area contributed by atoms with Crippen molar-refractivity contribution >= 4 is 11.9 Å². The fraction of sp³-hybridized carbons (Fsp3) is 0.913. The van der Waals surface area contributed by atoms with Crippen LogP contribution in [0.1, 0.15) is 97.3 Å². The lowest BCUT2D eigenvalue weighted by atomic mass is 9.94. The average molecular weight is 411 g/mol. The fourth-order valence-corrected chi connectivity index (χ4v) is 4.19. The van der Waals surface area contributed by atoms with E-state index in [0.29, 0.717) is 12.8 Å². The van der Waals surface area contributed by atoms with Gasteiger partial charge >= 0.3 is 11.9 Å². The lowest BCUT2D eigenvalue weighted by Crippen LogP contribution is -2.42. The van der Waals surface area contributed by atoms with Gasteiger partial charge in [0.2, 0.25) is 0 Å². The molecule has 2 N–H and O–H groups in total. The van der Waals surface area contributed by atoms with Crippen LogP contribution in [-0.4, -0.2) is 49.3 Å². The van der Waals surface area contributed by atoms with E-state index in [0.717, 1.165) is 96.8 Å². The predicted molar refractivity (Wildman–Crippen MR) is 115 cm³/mol. The second-order valence-corrected chi connectivity index (χ2v) is 9.32. The molecular formula is C23H42N2O4. The molecule has 2 fully saturated rings. The molecule has 0 amide bonds. The molecule has 0 aromatic carbocycles. The third-order valence-electron chi connectivity index (χ3n) is 6.30. The van der Waals surface area contributed by atoms with Gasteiger partial charge < -0.3 is 20.1 Å². The van der Waals surface area contributed by atoms with E-state index in [1.165, 1.54) is 0 Å². The van der Waals surface area contributed by atoms with E-state index in [2.05, 4.69) is 10.6 Å². The number of hydrogen-bond acceptors (Lipinski definition) is 6. The summed E-state index contributed by atoms with van der Waals surface area (Å²) in [5.41, 5.74) is -0.538. The summed E-state index contributed by atoms with van der Waals surface area (Å²) in [5.74, 6) is -0.0919. The monoisotopic (exact) mass is 410 g/mol. The highest BCUT2D eigenvalue weighted by atomic mass is 16.6. The molecule has 0 aromatic rings. The van der Waals surface area contributed by atoms with Crippen LogP contribution in [0.25, 0.3) is 0 Å². The van der Waals surface area contributed by atoms with Gasteiger partial charge in [0.25, 0.3) is 0 Å². The van der Waals surface area contributed by atoms with E-state index in [-0.39, 0.29) is 23.1 Å². The smallest absolute Gasteiger partial charge is 0.306 e. The molecule has 6 nitrogen and oxygen atoms in total. The van der Waals surface area contributed by atoms with Crippen LogP contribution in [0.5, 0.6) is 0 Å². The first-order valence-electron chi connectivity index (χ1n) is 11.8. The number of rotatable bonds is 12. The number of ether oxygens (including phenoxy) is 2. The maximum absolute atomic E-state index is 12.0. The quantitative estimate of drug-likeness (QED) is 0.376. The molecule has 2 heterocycles. The van der Waals surface area contributed by atoms with Crippen LogP contribution in [0.4, 0.5) is 0 Å². The average Bonchev–Trinajstić information content (AvgIpc) is 2.67. The molecule has 6 heteroatoms. The lowest BCUT2D eigenvalue weighted by molar-refractivity contribution is -0.161. The van der Waals surface area contributed by atoms with Crippen molar-refractivity contribution in [3.63, 3.8) is 0 Å². The van der Waals surface area contributed by atoms with Gasteiger partial charge in [-0.05, 0) is 78.6 Å². The highest BCUT2D eigenvalue weighted by molar-refractivity contribution is 5.70. The molecule has 0 atom stereocenters. The minimum Gasteiger partial charge on any atom is -0.459 e. The van der Waals surface area contributed by atoms with Crippen molar-refractivity contribution in [2.24, 2.45) is 0 Å². The van der Waals surface area contributed by atoms with Crippen molar-refractivity contribution in [1.29, 1.82) is 0 Å². The molecule has 0 aliphatic carbocycles. The Kier molecular flexibility index (Phi) is 10.4. The second kappa shape index (κ2) is 12.5. The SMILES string of the molecule is CC1(OC(=O)CCCCCCCCCC(=O)OC2(C)CCNCC2)CCNCC1. The van der Waals surface area contributed by atoms with Crippen LogP contribution in [0.2, 0.25) is 0 Å². The Hall–Kier alpha value is -1.14. The van der Waals surface area contributed by atoms with Gasteiger partial charge in [-0.25, -0.2) is 0 Å². The van der Waals surface area contributed by atoms with E-state index in [4.69, 9.17) is 9.47 Å². The van der Waals surface area contributed by atoms with Crippen molar-refractivity contribution in [3.8, 4) is 0 Å². The predicted octanol–water partition coefficient (Wildman–Crippen LogP) is 3.87. The summed E-state index contributed by atoms with van der Waals surface area (Å²) < 4.78 is 11.4. The standard InChI is InChI=1S/C23H42N2O4/c1-22(12-16-24-17-13-22)28-20(26)10-8-6-4-3-5-7-9-11-21(27)29-23(2)14-18-25-19-15-23/h24-25H,3-19H2,1-2H3. The van der Waals surface area contributed by atoms with Gasteiger partial charge in [0, 0.05) is 12.8 Å². The Bertz CT molecular complexity index is 453. The summed E-state index contributed by atoms with van der Waals surface area (Å²) in [6.07, 6.45) is 12.1. The molecule has 168 valence electrons. The van der Waals surface area contributed by atoms with Gasteiger partial charge in [-0.3, -0.25) is 9.59 Å². The summed E-state index contributed by atoms with van der Waals surface area (Å²) >= 11 is 0. The maximum Gasteiger partial charge on any atom is 0.306 e. The Morgan fingerprint density at radius 2 is 0.931 bits per heavy atom. The van der Waals surface area contributed by atoms with Crippen molar-refractivity contribution < 1.29 is 19.1 Å². The van der Waals surface area contributed by atoms with Crippen LogP contribution in [0, 0.1) is 0 Å². The van der Waals surface area contributed by atoms with Crippen LogP contribution in [-0.2, 0) is 19.1 Å². The van der Waals surface area contributed by atoms with E-state index >= 15 is 0 Å². The molecule has 0 spiro atoms. The van der Waals surface area contributed by atoms with Gasteiger partial charge in [0.05, 0.1) is 0 Å². The van der Waals surface area contributed by atoms with Crippen LogP contribution in [0.15, 0.2) is 0 Å². The zero-order valence-corrected chi connectivity index (χ0v) is 18.7. The number of esters is 2. The molecule has 2 rings (SSSR count). The third kappa shape index (κ3) is 9.94. The van der Waals surface area contributed by atoms with Gasteiger partial charge in [-0.1, -0.05) is 32.1 Å². The van der Waals surface area contributed by atoms with Crippen LogP contribution < -0.4 is 10.6 Å². The Balaban J connectivity index is 1.40. The molecule has 29 heavy (non-hydrogen) atoms. The topological polar surface area (TPSA) is 76.7 Å². The summed E-state index contributed by atoms with van der Waals surface area (Å²) in [4.78, 5) is 24.1. The number of nitrogens with one attached hydrogen (secondary N) is 2. The van der Waals surface area contributed by atoms with Crippen LogP contribution >= 0.6 is 0 Å². The summed E-state index contributed by atoms with van der Waals surface area (Å²) in [6, 6.07) is 0. The first-order valence-corrected chi connectivity index (χ1v) is 11.8. The number of carbonyl (C=O) groups is 2. The van der Waals surface area contributed by atoms with E-state index in [1.807, 2.05) is 13.8 Å². The number of hydrogen-bond donors (Lipinski definition) is 2.